The zero-order chi connectivity index (χ0) is 51.3. The van der Waals surface area contributed by atoms with Gasteiger partial charge in [0.1, 0.15) is 48.8 Å². The van der Waals surface area contributed by atoms with E-state index >= 15 is 0 Å². The Labute approximate surface area is 409 Å². The molecule has 0 saturated carbocycles. The Balaban J connectivity index is 1.47. The predicted octanol–water partition coefficient (Wildman–Crippen LogP) is 4.28. The third-order valence-electron chi connectivity index (χ3n) is 16.0. The molecule has 20 atom stereocenters. The van der Waals surface area contributed by atoms with Crippen molar-refractivity contribution in [3.8, 4) is 0 Å². The highest BCUT2D eigenvalue weighted by atomic mass is 19.1. The number of carbonyl (C=O) groups excluding carboxylic acids is 1. The van der Waals surface area contributed by atoms with Crippen LogP contribution in [0.4, 0.5) is 4.39 Å². The zero-order valence-corrected chi connectivity index (χ0v) is 43.6. The molecular formula is C51H86FN5O12. The van der Waals surface area contributed by atoms with E-state index < -0.39 is 120 Å². The van der Waals surface area contributed by atoms with Crippen LogP contribution in [-0.4, -0.2) is 188 Å². The van der Waals surface area contributed by atoms with E-state index in [1.165, 1.54) is 18.7 Å². The Morgan fingerprint density at radius 2 is 1.65 bits per heavy atom. The van der Waals surface area contributed by atoms with Crippen molar-refractivity contribution in [2.45, 2.75) is 197 Å². The Morgan fingerprint density at radius 3 is 2.26 bits per heavy atom. The Morgan fingerprint density at radius 1 is 0.986 bits per heavy atom. The lowest BCUT2D eigenvalue weighted by Crippen LogP contribution is -2.62. The van der Waals surface area contributed by atoms with E-state index in [0.717, 1.165) is 5.56 Å². The number of cyclic esters (lactones) is 1. The number of halogens is 1. The number of ether oxygens (including phenoxy) is 6. The van der Waals surface area contributed by atoms with Crippen LogP contribution in [0.5, 0.6) is 0 Å². The fourth-order valence-corrected chi connectivity index (χ4v) is 11.7. The van der Waals surface area contributed by atoms with Gasteiger partial charge in [-0.3, -0.25) is 4.79 Å². The fourth-order valence-electron chi connectivity index (χ4n) is 11.7. The minimum atomic E-state index is -1.82. The van der Waals surface area contributed by atoms with Crippen molar-refractivity contribution >= 4 is 5.97 Å². The van der Waals surface area contributed by atoms with Crippen molar-refractivity contribution in [3.63, 3.8) is 0 Å². The second-order valence-electron chi connectivity index (χ2n) is 21.5. The smallest absolute Gasteiger partial charge is 0.309 e. The first-order chi connectivity index (χ1) is 32.3. The van der Waals surface area contributed by atoms with Gasteiger partial charge in [-0.25, -0.2) is 9.07 Å². The molecule has 3 fully saturated rings. The van der Waals surface area contributed by atoms with Gasteiger partial charge >= 0.3 is 5.97 Å². The fraction of sp³-hybridized carbons (Fsp3) is 0.824. The van der Waals surface area contributed by atoms with Gasteiger partial charge in [-0.15, -0.1) is 5.10 Å². The van der Waals surface area contributed by atoms with Crippen molar-refractivity contribution in [3.05, 3.63) is 47.8 Å². The highest BCUT2D eigenvalue weighted by Gasteiger charge is 2.55. The summed E-state index contributed by atoms with van der Waals surface area (Å²) in [4.78, 5) is 18.6. The highest BCUT2D eigenvalue weighted by molar-refractivity contribution is 5.73. The molecule has 0 spiro atoms. The molecule has 3 aliphatic heterocycles. The summed E-state index contributed by atoms with van der Waals surface area (Å²) in [7, 11) is 6.81. The largest absolute Gasteiger partial charge is 0.459 e. The first-order valence-electron chi connectivity index (χ1n) is 25.0. The van der Waals surface area contributed by atoms with Gasteiger partial charge in [-0.2, -0.15) is 0 Å². The number of aromatic nitrogens is 3. The van der Waals surface area contributed by atoms with Gasteiger partial charge in [0, 0.05) is 64.3 Å². The number of benzene rings is 1. The third kappa shape index (κ3) is 12.9. The number of carbonyl (C=O) groups is 1. The van der Waals surface area contributed by atoms with Crippen LogP contribution in [0.15, 0.2) is 36.5 Å². The molecule has 0 radical (unpaired) electrons. The molecule has 17 nitrogen and oxygen atoms in total. The van der Waals surface area contributed by atoms with Crippen LogP contribution in [0.1, 0.15) is 118 Å². The van der Waals surface area contributed by atoms with Crippen LogP contribution < -0.4 is 0 Å². The van der Waals surface area contributed by atoms with Crippen molar-refractivity contribution in [2.24, 2.45) is 23.7 Å². The predicted molar refractivity (Wildman–Crippen MR) is 257 cm³/mol. The van der Waals surface area contributed by atoms with Gasteiger partial charge < -0.3 is 63.8 Å². The quantitative estimate of drug-likeness (QED) is 0.167. The maximum atomic E-state index is 14.6. The number of hydrogen-bond acceptors (Lipinski definition) is 16. The molecule has 0 bridgehead atoms. The normalized spacial score (nSPS) is 41.2. The SMILES string of the molecule is CC[C@H]1OC(=O)[C@H](C)C([C@H]2C[C@@](C)(OC)[C@@H](O)[C@H](C)O2)[C@H](C)[C@@H](O[C@@H]2O[C@H](C)C[C@H](N(C)CCc3cn([C@H](CF)[C@H](OC)c4ccccc4)nn3)[C@H]2O)[C@](C)(O)C[C@@H](C)CN(C)[C@H](C)[C@@H](O)[C@]1(C)O. The van der Waals surface area contributed by atoms with Crippen LogP contribution in [-0.2, 0) is 39.6 Å². The summed E-state index contributed by atoms with van der Waals surface area (Å²) < 4.78 is 54.0. The zero-order valence-electron chi connectivity index (χ0n) is 43.6. The average molecular weight is 980 g/mol. The number of aliphatic hydroxyl groups excluding tert-OH is 3. The van der Waals surface area contributed by atoms with E-state index in [-0.39, 0.29) is 31.3 Å². The lowest BCUT2D eigenvalue weighted by molar-refractivity contribution is -0.302. The Kier molecular flexibility index (Phi) is 19.8. The summed E-state index contributed by atoms with van der Waals surface area (Å²) in [5.41, 5.74) is -3.04. The highest BCUT2D eigenvalue weighted by Crippen LogP contribution is 2.45. The van der Waals surface area contributed by atoms with Gasteiger partial charge in [0.05, 0.1) is 47.2 Å². The number of hydrogen-bond donors (Lipinski definition) is 5. The minimum Gasteiger partial charge on any atom is -0.459 e. The standard InChI is InChI=1S/C51H86FN5O12/c1-15-40-51(10,63)44(59)33(6)56(12)27-29(2)24-49(8,62)46(31(4)41(32(5)47(61)68-40)39-25-50(9,65-14)45(60)34(7)67-39)69-48-42(58)37(23-30(3)66-48)55(11)22-21-36-28-57(54-53-36)38(26-52)43(64-13)35-19-17-16-18-20-35/h16-20,28-34,37-46,48,58-60,62-63H,15,21-27H2,1-14H3/t29-,30-,31+,32-,33-,34+,37+,38-,39-,40-,41?,42-,43-,44-,45+,46-,48+,49-,50-,51-/m1/s1. The van der Waals surface area contributed by atoms with Crippen molar-refractivity contribution < 1.29 is 63.1 Å². The second-order valence-corrected chi connectivity index (χ2v) is 21.5. The first-order valence-corrected chi connectivity index (χ1v) is 25.0. The summed E-state index contributed by atoms with van der Waals surface area (Å²) in [6, 6.07) is 7.66. The van der Waals surface area contributed by atoms with Crippen LogP contribution in [0.25, 0.3) is 0 Å². The summed E-state index contributed by atoms with van der Waals surface area (Å²) in [6.45, 7) is 18.0. The van der Waals surface area contributed by atoms with Gasteiger partial charge in [0.15, 0.2) is 6.29 Å². The molecule has 5 N–H and O–H groups in total. The van der Waals surface area contributed by atoms with Crippen LogP contribution in [0.2, 0.25) is 0 Å². The van der Waals surface area contributed by atoms with E-state index in [4.69, 9.17) is 28.4 Å². The Bertz CT molecular complexity index is 1900. The maximum Gasteiger partial charge on any atom is 0.309 e. The maximum absolute atomic E-state index is 14.6. The van der Waals surface area contributed by atoms with Gasteiger partial charge in [0.25, 0.3) is 0 Å². The van der Waals surface area contributed by atoms with E-state index in [1.54, 1.807) is 54.8 Å². The van der Waals surface area contributed by atoms with Crippen LogP contribution >= 0.6 is 0 Å². The lowest BCUT2D eigenvalue weighted by Gasteiger charge is -2.51. The topological polar surface area (TPSA) is 211 Å². The summed E-state index contributed by atoms with van der Waals surface area (Å²) in [5.74, 6) is -3.22. The number of nitrogens with zero attached hydrogens (tertiary/aromatic N) is 5. The molecule has 394 valence electrons. The first kappa shape index (κ1) is 57.2. The van der Waals surface area contributed by atoms with E-state index in [1.807, 2.05) is 75.0 Å². The van der Waals surface area contributed by atoms with Crippen molar-refractivity contribution in [2.75, 3.05) is 48.1 Å². The second kappa shape index (κ2) is 23.9. The molecule has 18 heteroatoms. The molecule has 69 heavy (non-hydrogen) atoms. The number of esters is 1. The number of alkyl halides is 1. The molecule has 4 heterocycles. The summed E-state index contributed by atoms with van der Waals surface area (Å²) in [6.07, 6.45) is -6.02. The Hall–Kier alpha value is -2.72. The number of likely N-dealkylation sites (N-methyl/N-ethyl adjacent to an activating group) is 2. The monoisotopic (exact) mass is 980 g/mol. The van der Waals surface area contributed by atoms with E-state index in [9.17, 15) is 34.7 Å². The van der Waals surface area contributed by atoms with Gasteiger partial charge in [-0.05, 0) is 92.3 Å². The third-order valence-corrected chi connectivity index (χ3v) is 16.0. The lowest BCUT2D eigenvalue weighted by atomic mass is 9.68. The summed E-state index contributed by atoms with van der Waals surface area (Å²) in [5, 5.41) is 68.7. The minimum absolute atomic E-state index is 0.178. The van der Waals surface area contributed by atoms with Crippen LogP contribution in [0, 0.1) is 23.7 Å². The molecule has 1 aromatic carbocycles. The van der Waals surface area contributed by atoms with E-state index in [2.05, 4.69) is 10.3 Å². The summed E-state index contributed by atoms with van der Waals surface area (Å²) >= 11 is 0. The molecule has 1 aromatic heterocycles. The molecule has 0 amide bonds. The number of methoxy groups -OCH3 is 2. The molecular weight excluding hydrogens is 894 g/mol. The van der Waals surface area contributed by atoms with Crippen LogP contribution in [0.3, 0.4) is 0 Å². The number of aliphatic hydroxyl groups is 5. The van der Waals surface area contributed by atoms with Crippen molar-refractivity contribution in [1.82, 2.24) is 24.8 Å². The van der Waals surface area contributed by atoms with Gasteiger partial charge in [-0.1, -0.05) is 63.2 Å². The average Bonchev–Trinajstić information content (AvgIpc) is 3.78. The number of rotatable bonds is 14. The molecule has 0 aliphatic carbocycles. The van der Waals surface area contributed by atoms with Crippen molar-refractivity contribution in [1.29, 1.82) is 0 Å². The van der Waals surface area contributed by atoms with Gasteiger partial charge in [0.2, 0.25) is 0 Å². The molecule has 1 unspecified atom stereocenters. The molecule has 2 aromatic rings. The molecule has 3 saturated heterocycles. The van der Waals surface area contributed by atoms with E-state index in [0.29, 0.717) is 31.6 Å². The molecule has 3 aliphatic rings. The molecule has 5 rings (SSSR count).